The van der Waals surface area contributed by atoms with Crippen LogP contribution in [0.15, 0.2) is 18.2 Å². The second-order valence-corrected chi connectivity index (χ2v) is 2.55. The van der Waals surface area contributed by atoms with E-state index in [2.05, 4.69) is 4.74 Å². The Morgan fingerprint density at radius 3 is 2.27 bits per heavy atom. The molecular weight excluding hydrogens is 200 g/mol. The van der Waals surface area contributed by atoms with Gasteiger partial charge in [0.15, 0.2) is 11.5 Å². The molecule has 0 unspecified atom stereocenters. The fourth-order valence-corrected chi connectivity index (χ4v) is 1.07. The molecule has 0 N–H and O–H groups in total. The summed E-state index contributed by atoms with van der Waals surface area (Å²) in [5.74, 6) is 1.09. The number of carbonyl (C=O) groups excluding carboxylic acids is 1. The van der Waals surface area contributed by atoms with Crippen molar-refractivity contribution in [1.29, 1.82) is 0 Å². The maximum Gasteiger partial charge on any atom is 0.513 e. The molecule has 0 aromatic heterocycles. The Kier molecular flexibility index (Phi) is 3.79. The first-order chi connectivity index (χ1) is 7.22. The van der Waals surface area contributed by atoms with Crippen molar-refractivity contribution in [3.8, 4) is 17.2 Å². The molecule has 5 nitrogen and oxygen atoms in total. The third-order valence-electron chi connectivity index (χ3n) is 1.73. The molecule has 0 saturated carbocycles. The molecule has 1 aromatic carbocycles. The summed E-state index contributed by atoms with van der Waals surface area (Å²) in [5.41, 5.74) is 0. The van der Waals surface area contributed by atoms with Gasteiger partial charge in [-0.25, -0.2) is 4.79 Å². The summed E-state index contributed by atoms with van der Waals surface area (Å²) in [4.78, 5) is 10.9. The van der Waals surface area contributed by atoms with Gasteiger partial charge in [0, 0.05) is 0 Å². The minimum atomic E-state index is -0.804. The third-order valence-corrected chi connectivity index (χ3v) is 1.73. The summed E-state index contributed by atoms with van der Waals surface area (Å²) < 4.78 is 19.3. The predicted octanol–water partition coefficient (Wildman–Crippen LogP) is 1.85. The first-order valence-electron chi connectivity index (χ1n) is 4.19. The summed E-state index contributed by atoms with van der Waals surface area (Å²) in [6.45, 7) is 0. The number of carbonyl (C=O) groups is 1. The van der Waals surface area contributed by atoms with Gasteiger partial charge in [-0.1, -0.05) is 6.07 Å². The zero-order valence-corrected chi connectivity index (χ0v) is 8.77. The van der Waals surface area contributed by atoms with E-state index in [1.807, 2.05) is 0 Å². The summed E-state index contributed by atoms with van der Waals surface area (Å²) in [7, 11) is 4.19. The monoisotopic (exact) mass is 212 g/mol. The van der Waals surface area contributed by atoms with Gasteiger partial charge < -0.3 is 18.9 Å². The normalized spacial score (nSPS) is 9.27. The van der Waals surface area contributed by atoms with E-state index in [0.717, 1.165) is 0 Å². The predicted molar refractivity (Wildman–Crippen MR) is 52.6 cm³/mol. The molecule has 0 saturated heterocycles. The minimum Gasteiger partial charge on any atom is -0.493 e. The number of hydrogen-bond donors (Lipinski definition) is 0. The van der Waals surface area contributed by atoms with Gasteiger partial charge in [-0.05, 0) is 12.1 Å². The Labute approximate surface area is 87.5 Å². The van der Waals surface area contributed by atoms with Crippen LogP contribution >= 0.6 is 0 Å². The van der Waals surface area contributed by atoms with Crippen LogP contribution in [0, 0.1) is 0 Å². The van der Waals surface area contributed by atoms with Crippen LogP contribution in [0.25, 0.3) is 0 Å². The first-order valence-corrected chi connectivity index (χ1v) is 4.19. The van der Waals surface area contributed by atoms with Crippen LogP contribution < -0.4 is 14.2 Å². The molecule has 0 spiro atoms. The highest BCUT2D eigenvalue weighted by Gasteiger charge is 2.13. The third kappa shape index (κ3) is 2.52. The molecule has 0 aliphatic carbocycles. The largest absolute Gasteiger partial charge is 0.513 e. The molecule has 0 aliphatic heterocycles. The fourth-order valence-electron chi connectivity index (χ4n) is 1.07. The molecule has 0 atom stereocenters. The average molecular weight is 212 g/mol. The molecule has 0 radical (unpaired) electrons. The molecule has 1 aromatic rings. The molecule has 0 heterocycles. The lowest BCUT2D eigenvalue weighted by atomic mass is 10.3. The maximum atomic E-state index is 10.9. The molecular formula is C10H12O5. The van der Waals surface area contributed by atoms with E-state index in [0.29, 0.717) is 11.5 Å². The number of ether oxygens (including phenoxy) is 4. The van der Waals surface area contributed by atoms with Crippen molar-refractivity contribution in [2.75, 3.05) is 21.3 Å². The highest BCUT2D eigenvalue weighted by molar-refractivity contribution is 5.66. The molecule has 5 heteroatoms. The first kappa shape index (κ1) is 11.2. The SMILES string of the molecule is COC(=O)Oc1cccc(OC)c1OC. The zero-order valence-electron chi connectivity index (χ0n) is 8.77. The molecule has 0 bridgehead atoms. The van der Waals surface area contributed by atoms with E-state index in [-0.39, 0.29) is 5.75 Å². The number of methoxy groups -OCH3 is 3. The fraction of sp³-hybridized carbons (Fsp3) is 0.300. The van der Waals surface area contributed by atoms with E-state index < -0.39 is 6.16 Å². The van der Waals surface area contributed by atoms with Crippen LogP contribution in [0.4, 0.5) is 4.79 Å². The number of hydrogen-bond acceptors (Lipinski definition) is 5. The number of para-hydroxylation sites is 1. The summed E-state index contributed by atoms with van der Waals surface area (Å²) >= 11 is 0. The highest BCUT2D eigenvalue weighted by Crippen LogP contribution is 2.36. The van der Waals surface area contributed by atoms with E-state index in [4.69, 9.17) is 14.2 Å². The van der Waals surface area contributed by atoms with Crippen molar-refractivity contribution in [1.82, 2.24) is 0 Å². The van der Waals surface area contributed by atoms with Gasteiger partial charge in [0.2, 0.25) is 5.75 Å². The lowest BCUT2D eigenvalue weighted by molar-refractivity contribution is 0.120. The lowest BCUT2D eigenvalue weighted by Gasteiger charge is -2.11. The van der Waals surface area contributed by atoms with Gasteiger partial charge in [0.25, 0.3) is 0 Å². The number of benzene rings is 1. The summed E-state index contributed by atoms with van der Waals surface area (Å²) in [6.07, 6.45) is -0.804. The smallest absolute Gasteiger partial charge is 0.493 e. The van der Waals surface area contributed by atoms with Crippen molar-refractivity contribution in [2.24, 2.45) is 0 Å². The van der Waals surface area contributed by atoms with Crippen molar-refractivity contribution in [3.63, 3.8) is 0 Å². The standard InChI is InChI=1S/C10H12O5/c1-12-7-5-4-6-8(9(7)13-2)15-10(11)14-3/h4-6H,1-3H3. The van der Waals surface area contributed by atoms with Crippen LogP contribution in [-0.4, -0.2) is 27.5 Å². The molecule has 0 fully saturated rings. The van der Waals surface area contributed by atoms with E-state index in [9.17, 15) is 4.79 Å². The van der Waals surface area contributed by atoms with Crippen molar-refractivity contribution < 1.29 is 23.7 Å². The molecule has 0 amide bonds. The molecule has 82 valence electrons. The van der Waals surface area contributed by atoms with Crippen molar-refractivity contribution in [3.05, 3.63) is 18.2 Å². The molecule has 1 rings (SSSR count). The highest BCUT2D eigenvalue weighted by atomic mass is 16.7. The van der Waals surface area contributed by atoms with E-state index in [1.165, 1.54) is 21.3 Å². The number of rotatable bonds is 3. The summed E-state index contributed by atoms with van der Waals surface area (Å²) in [6, 6.07) is 4.96. The minimum absolute atomic E-state index is 0.253. The van der Waals surface area contributed by atoms with E-state index >= 15 is 0 Å². The second kappa shape index (κ2) is 5.09. The van der Waals surface area contributed by atoms with Crippen molar-refractivity contribution >= 4 is 6.16 Å². The topological polar surface area (TPSA) is 54.0 Å². The van der Waals surface area contributed by atoms with Crippen LogP contribution in [0.2, 0.25) is 0 Å². The van der Waals surface area contributed by atoms with Gasteiger partial charge >= 0.3 is 6.16 Å². The van der Waals surface area contributed by atoms with Crippen LogP contribution in [-0.2, 0) is 4.74 Å². The van der Waals surface area contributed by atoms with Gasteiger partial charge in [0.05, 0.1) is 21.3 Å². The Hall–Kier alpha value is -1.91. The van der Waals surface area contributed by atoms with Crippen LogP contribution in [0.1, 0.15) is 0 Å². The van der Waals surface area contributed by atoms with Crippen molar-refractivity contribution in [2.45, 2.75) is 0 Å². The molecule has 0 aliphatic rings. The summed E-state index contributed by atoms with van der Waals surface area (Å²) in [5, 5.41) is 0. The Morgan fingerprint density at radius 1 is 1.07 bits per heavy atom. The average Bonchev–Trinajstić information content (AvgIpc) is 2.28. The lowest BCUT2D eigenvalue weighted by Crippen LogP contribution is -2.08. The van der Waals surface area contributed by atoms with Crippen LogP contribution in [0.5, 0.6) is 17.2 Å². The van der Waals surface area contributed by atoms with Gasteiger partial charge in [-0.3, -0.25) is 0 Å². The zero-order chi connectivity index (χ0) is 11.3. The Bertz CT molecular complexity index is 348. The van der Waals surface area contributed by atoms with Gasteiger partial charge in [-0.15, -0.1) is 0 Å². The quantitative estimate of drug-likeness (QED) is 0.565. The van der Waals surface area contributed by atoms with Gasteiger partial charge in [0.1, 0.15) is 0 Å². The van der Waals surface area contributed by atoms with Crippen LogP contribution in [0.3, 0.4) is 0 Å². The second-order valence-electron chi connectivity index (χ2n) is 2.55. The Morgan fingerprint density at radius 2 is 1.73 bits per heavy atom. The maximum absolute atomic E-state index is 10.9. The van der Waals surface area contributed by atoms with E-state index in [1.54, 1.807) is 18.2 Å². The molecule has 15 heavy (non-hydrogen) atoms. The Balaban J connectivity index is 3.00. The van der Waals surface area contributed by atoms with Gasteiger partial charge in [-0.2, -0.15) is 0 Å².